The Labute approximate surface area is 123 Å². The van der Waals surface area contributed by atoms with Crippen molar-refractivity contribution in [3.05, 3.63) is 34.2 Å². The molecule has 1 N–H and O–H groups in total. The summed E-state index contributed by atoms with van der Waals surface area (Å²) in [7, 11) is 0. The van der Waals surface area contributed by atoms with E-state index in [1.807, 2.05) is 13.8 Å². The highest BCUT2D eigenvalue weighted by Gasteiger charge is 2.12. The molecule has 1 aromatic heterocycles. The molecule has 0 atom stereocenters. The summed E-state index contributed by atoms with van der Waals surface area (Å²) in [6.07, 6.45) is 2.99. The lowest BCUT2D eigenvalue weighted by Gasteiger charge is -2.19. The number of amides is 1. The Hall–Kier alpha value is -1.82. The zero-order valence-corrected chi connectivity index (χ0v) is 12.5. The summed E-state index contributed by atoms with van der Waals surface area (Å²) in [5.74, 6) is -0.0543. The molecule has 20 heavy (non-hydrogen) atoms. The maximum Gasteiger partial charge on any atom is 0.287 e. The first-order valence-corrected chi connectivity index (χ1v) is 6.81. The number of halogens is 1. The predicted octanol–water partition coefficient (Wildman–Crippen LogP) is 1.36. The fourth-order valence-electron chi connectivity index (χ4n) is 1.70. The van der Waals surface area contributed by atoms with Gasteiger partial charge in [-0.1, -0.05) is 17.7 Å². The molecule has 0 radical (unpaired) electrons. The van der Waals surface area contributed by atoms with E-state index in [9.17, 15) is 9.59 Å². The van der Waals surface area contributed by atoms with Crippen molar-refractivity contribution in [2.45, 2.75) is 20.4 Å². The van der Waals surface area contributed by atoms with Crippen LogP contribution in [0, 0.1) is 0 Å². The van der Waals surface area contributed by atoms with Crippen LogP contribution < -0.4 is 10.9 Å². The van der Waals surface area contributed by atoms with Crippen LogP contribution in [-0.4, -0.2) is 40.2 Å². The molecule has 7 heteroatoms. The molecule has 0 aliphatic heterocycles. The minimum atomic E-state index is -0.410. The summed E-state index contributed by atoms with van der Waals surface area (Å²) in [4.78, 5) is 25.4. The summed E-state index contributed by atoms with van der Waals surface area (Å²) in [6.45, 7) is 9.01. The van der Waals surface area contributed by atoms with Gasteiger partial charge in [-0.3, -0.25) is 9.59 Å². The lowest BCUT2D eigenvalue weighted by atomic mass is 10.4. The number of nitrogens with zero attached hydrogens (tertiary/aromatic N) is 3. The van der Waals surface area contributed by atoms with Gasteiger partial charge in [-0.15, -0.1) is 6.58 Å². The van der Waals surface area contributed by atoms with E-state index < -0.39 is 5.56 Å². The van der Waals surface area contributed by atoms with E-state index in [1.54, 1.807) is 11.0 Å². The average molecular weight is 299 g/mol. The monoisotopic (exact) mass is 298 g/mol. The van der Waals surface area contributed by atoms with E-state index >= 15 is 0 Å². The third-order valence-electron chi connectivity index (χ3n) is 2.83. The van der Waals surface area contributed by atoms with Crippen molar-refractivity contribution < 1.29 is 4.79 Å². The maximum absolute atomic E-state index is 11.9. The fraction of sp³-hybridized carbons (Fsp3) is 0.462. The third kappa shape index (κ3) is 3.84. The van der Waals surface area contributed by atoms with Gasteiger partial charge in [0.05, 0.1) is 25.0 Å². The minimum absolute atomic E-state index is 0.0224. The molecule has 0 saturated heterocycles. The quantitative estimate of drug-likeness (QED) is 0.772. The summed E-state index contributed by atoms with van der Waals surface area (Å²) >= 11 is 5.97. The lowest BCUT2D eigenvalue weighted by Crippen LogP contribution is -2.35. The summed E-state index contributed by atoms with van der Waals surface area (Å²) in [5, 5.41) is 6.82. The lowest BCUT2D eigenvalue weighted by molar-refractivity contribution is -0.128. The van der Waals surface area contributed by atoms with Gasteiger partial charge >= 0.3 is 0 Å². The number of aromatic nitrogens is 2. The van der Waals surface area contributed by atoms with Gasteiger partial charge in [-0.2, -0.15) is 5.10 Å². The van der Waals surface area contributed by atoms with Crippen molar-refractivity contribution in [1.82, 2.24) is 14.7 Å². The van der Waals surface area contributed by atoms with E-state index in [0.29, 0.717) is 18.8 Å². The summed E-state index contributed by atoms with van der Waals surface area (Å²) < 4.78 is 1.20. The molecule has 1 rings (SSSR count). The molecule has 1 heterocycles. The van der Waals surface area contributed by atoms with E-state index in [4.69, 9.17) is 11.6 Å². The SMILES string of the molecule is C=CCn1ncc(NCC(=O)N(CC)CC)c(Cl)c1=O. The molecular formula is C13H19ClN4O2. The van der Waals surface area contributed by atoms with Crippen LogP contribution >= 0.6 is 11.6 Å². The largest absolute Gasteiger partial charge is 0.373 e. The number of carbonyl (C=O) groups is 1. The number of rotatable bonds is 7. The van der Waals surface area contributed by atoms with Gasteiger partial charge in [-0.25, -0.2) is 4.68 Å². The Morgan fingerprint density at radius 2 is 2.20 bits per heavy atom. The van der Waals surface area contributed by atoms with Gasteiger partial charge in [0.1, 0.15) is 5.02 Å². The molecule has 1 amide bonds. The summed E-state index contributed by atoms with van der Waals surface area (Å²) in [6, 6.07) is 0. The molecule has 0 bridgehead atoms. The molecular weight excluding hydrogens is 280 g/mol. The van der Waals surface area contributed by atoms with Crippen molar-refractivity contribution in [2.75, 3.05) is 25.0 Å². The van der Waals surface area contributed by atoms with Gasteiger partial charge < -0.3 is 10.2 Å². The zero-order chi connectivity index (χ0) is 15.1. The molecule has 0 aromatic carbocycles. The topological polar surface area (TPSA) is 67.2 Å². The van der Waals surface area contributed by atoms with Crippen LogP contribution in [0.3, 0.4) is 0 Å². The van der Waals surface area contributed by atoms with E-state index in [1.165, 1.54) is 10.9 Å². The Balaban J connectivity index is 2.79. The molecule has 110 valence electrons. The molecule has 0 aliphatic carbocycles. The molecule has 0 unspecified atom stereocenters. The number of hydrogen-bond donors (Lipinski definition) is 1. The standard InChI is InChI=1S/C13H19ClN4O2/c1-4-7-18-13(20)12(14)10(8-16-18)15-9-11(19)17(5-2)6-3/h4,8,15H,1,5-7,9H2,2-3H3. The van der Waals surface area contributed by atoms with E-state index in [-0.39, 0.29) is 24.0 Å². The number of allylic oxidation sites excluding steroid dienone is 1. The van der Waals surface area contributed by atoms with Crippen molar-refractivity contribution in [3.8, 4) is 0 Å². The second-order valence-electron chi connectivity index (χ2n) is 4.07. The second-order valence-corrected chi connectivity index (χ2v) is 4.45. The van der Waals surface area contributed by atoms with E-state index in [0.717, 1.165) is 0 Å². The number of nitrogens with one attached hydrogen (secondary N) is 1. The normalized spacial score (nSPS) is 10.2. The van der Waals surface area contributed by atoms with Crippen molar-refractivity contribution in [3.63, 3.8) is 0 Å². The van der Waals surface area contributed by atoms with Crippen LogP contribution in [0.15, 0.2) is 23.6 Å². The van der Waals surface area contributed by atoms with Crippen LogP contribution in [0.1, 0.15) is 13.8 Å². The van der Waals surface area contributed by atoms with Crippen molar-refractivity contribution >= 4 is 23.2 Å². The maximum atomic E-state index is 11.9. The number of anilines is 1. The highest BCUT2D eigenvalue weighted by atomic mass is 35.5. The molecule has 6 nitrogen and oxygen atoms in total. The van der Waals surface area contributed by atoms with Gasteiger partial charge in [0, 0.05) is 13.1 Å². The molecule has 1 aromatic rings. The second kappa shape index (κ2) is 7.69. The van der Waals surface area contributed by atoms with Gasteiger partial charge in [0.2, 0.25) is 5.91 Å². The Bertz CT molecular complexity index is 538. The third-order valence-corrected chi connectivity index (χ3v) is 3.20. The molecule has 0 spiro atoms. The van der Waals surface area contributed by atoms with Crippen molar-refractivity contribution in [1.29, 1.82) is 0 Å². The van der Waals surface area contributed by atoms with Crippen LogP contribution in [0.5, 0.6) is 0 Å². The highest BCUT2D eigenvalue weighted by molar-refractivity contribution is 6.33. The van der Waals surface area contributed by atoms with Crippen LogP contribution in [0.4, 0.5) is 5.69 Å². The van der Waals surface area contributed by atoms with Gasteiger partial charge in [-0.05, 0) is 13.8 Å². The number of hydrogen-bond acceptors (Lipinski definition) is 4. The van der Waals surface area contributed by atoms with E-state index in [2.05, 4.69) is 17.0 Å². The average Bonchev–Trinajstić information content (AvgIpc) is 2.44. The molecule has 0 fully saturated rings. The van der Waals surface area contributed by atoms with Gasteiger partial charge in [0.15, 0.2) is 0 Å². The smallest absolute Gasteiger partial charge is 0.287 e. The minimum Gasteiger partial charge on any atom is -0.373 e. The predicted molar refractivity (Wildman–Crippen MR) is 80.1 cm³/mol. The molecule has 0 aliphatic rings. The molecule has 0 saturated carbocycles. The Morgan fingerprint density at radius 3 is 2.75 bits per heavy atom. The van der Waals surface area contributed by atoms with Gasteiger partial charge in [0.25, 0.3) is 5.56 Å². The van der Waals surface area contributed by atoms with Crippen LogP contribution in [0.2, 0.25) is 5.02 Å². The fourth-order valence-corrected chi connectivity index (χ4v) is 1.91. The first-order valence-electron chi connectivity index (χ1n) is 6.43. The van der Waals surface area contributed by atoms with Crippen LogP contribution in [-0.2, 0) is 11.3 Å². The number of carbonyl (C=O) groups excluding carboxylic acids is 1. The highest BCUT2D eigenvalue weighted by Crippen LogP contribution is 2.14. The Morgan fingerprint density at radius 1 is 1.55 bits per heavy atom. The van der Waals surface area contributed by atoms with Crippen LogP contribution in [0.25, 0.3) is 0 Å². The Kier molecular flexibility index (Phi) is 6.24. The first-order chi connectivity index (χ1) is 9.54. The first kappa shape index (κ1) is 16.2. The summed E-state index contributed by atoms with van der Waals surface area (Å²) in [5.41, 5.74) is -0.0515. The zero-order valence-electron chi connectivity index (χ0n) is 11.7. The number of likely N-dealkylation sites (N-methyl/N-ethyl adjacent to an activating group) is 1. The van der Waals surface area contributed by atoms with Crippen molar-refractivity contribution in [2.24, 2.45) is 0 Å².